The highest BCUT2D eigenvalue weighted by Gasteiger charge is 2.29. The number of aromatic nitrogens is 5. The summed E-state index contributed by atoms with van der Waals surface area (Å²) in [5.41, 5.74) is 4.23. The summed E-state index contributed by atoms with van der Waals surface area (Å²) in [7, 11) is 1.85. The lowest BCUT2D eigenvalue weighted by Crippen LogP contribution is -2.26. The molecule has 2 aromatic heterocycles. The average Bonchev–Trinajstić information content (AvgIpc) is 3.69. The maximum atomic E-state index is 14.6. The molecule has 0 bridgehead atoms. The number of carbonyl (C=O) groups excluding carboxylic acids is 1. The third kappa shape index (κ3) is 3.45. The standard InChI is InChI=1S/C24H23FN6O/c1-31-21(11-14-5-9-20-18(12-26-29-20)22(14)13-2-3-13)28-23(30-31)15-4-8-17(19(25)10-15)24(32)27-16-6-7-16/h4-5,8-10,12-13,16H,2-3,6-7,11H2,1H3,(H,26,29)(H,27,32). The van der Waals surface area contributed by atoms with Gasteiger partial charge in [0.2, 0.25) is 0 Å². The summed E-state index contributed by atoms with van der Waals surface area (Å²) < 4.78 is 16.4. The number of rotatable bonds is 6. The van der Waals surface area contributed by atoms with Gasteiger partial charge in [0.05, 0.1) is 17.3 Å². The van der Waals surface area contributed by atoms with Crippen LogP contribution in [0.15, 0.2) is 36.5 Å². The van der Waals surface area contributed by atoms with Crippen LogP contribution in [0.3, 0.4) is 0 Å². The van der Waals surface area contributed by atoms with Crippen LogP contribution in [-0.2, 0) is 13.5 Å². The molecular formula is C24H23FN6O. The van der Waals surface area contributed by atoms with Gasteiger partial charge in [0.1, 0.15) is 11.6 Å². The van der Waals surface area contributed by atoms with Crippen molar-refractivity contribution in [3.63, 3.8) is 0 Å². The molecule has 2 heterocycles. The van der Waals surface area contributed by atoms with Gasteiger partial charge in [0.15, 0.2) is 5.82 Å². The maximum Gasteiger partial charge on any atom is 0.254 e. The van der Waals surface area contributed by atoms with E-state index in [0.29, 0.717) is 23.7 Å². The predicted molar refractivity (Wildman–Crippen MR) is 118 cm³/mol. The van der Waals surface area contributed by atoms with Gasteiger partial charge in [0, 0.05) is 30.5 Å². The fourth-order valence-electron chi connectivity index (χ4n) is 4.29. The maximum absolute atomic E-state index is 14.6. The van der Waals surface area contributed by atoms with E-state index in [-0.39, 0.29) is 17.5 Å². The van der Waals surface area contributed by atoms with Crippen molar-refractivity contribution in [1.82, 2.24) is 30.3 Å². The van der Waals surface area contributed by atoms with Crippen molar-refractivity contribution in [3.8, 4) is 11.4 Å². The monoisotopic (exact) mass is 430 g/mol. The van der Waals surface area contributed by atoms with E-state index in [9.17, 15) is 9.18 Å². The molecule has 0 spiro atoms. The second kappa shape index (κ2) is 7.25. The van der Waals surface area contributed by atoms with E-state index >= 15 is 0 Å². The number of nitrogens with zero attached hydrogens (tertiary/aromatic N) is 4. The molecule has 0 unspecified atom stereocenters. The first kappa shape index (κ1) is 19.2. The summed E-state index contributed by atoms with van der Waals surface area (Å²) in [5, 5.41) is 15.8. The molecule has 4 aromatic rings. The van der Waals surface area contributed by atoms with Gasteiger partial charge < -0.3 is 5.32 Å². The summed E-state index contributed by atoms with van der Waals surface area (Å²) in [6.07, 6.45) is 6.85. The minimum Gasteiger partial charge on any atom is -0.349 e. The summed E-state index contributed by atoms with van der Waals surface area (Å²) in [6.45, 7) is 0. The normalized spacial score (nSPS) is 15.9. The zero-order valence-electron chi connectivity index (χ0n) is 17.7. The van der Waals surface area contributed by atoms with Gasteiger partial charge in [0.25, 0.3) is 5.91 Å². The van der Waals surface area contributed by atoms with Crippen LogP contribution in [0.5, 0.6) is 0 Å². The molecule has 162 valence electrons. The lowest BCUT2D eigenvalue weighted by molar-refractivity contribution is 0.0947. The van der Waals surface area contributed by atoms with Gasteiger partial charge in [-0.3, -0.25) is 14.6 Å². The Morgan fingerprint density at radius 3 is 2.81 bits per heavy atom. The number of carbonyl (C=O) groups is 1. The van der Waals surface area contributed by atoms with Gasteiger partial charge in [-0.15, -0.1) is 0 Å². The summed E-state index contributed by atoms with van der Waals surface area (Å²) in [4.78, 5) is 16.9. The third-order valence-electron chi connectivity index (χ3n) is 6.33. The van der Waals surface area contributed by atoms with Crippen LogP contribution < -0.4 is 5.32 Å². The lowest BCUT2D eigenvalue weighted by Gasteiger charge is -2.09. The molecule has 2 aliphatic rings. The molecule has 0 atom stereocenters. The Kier molecular flexibility index (Phi) is 4.34. The molecule has 1 amide bonds. The van der Waals surface area contributed by atoms with Crippen molar-refractivity contribution in [2.24, 2.45) is 7.05 Å². The van der Waals surface area contributed by atoms with Crippen molar-refractivity contribution in [1.29, 1.82) is 0 Å². The Hall–Kier alpha value is -3.55. The number of hydrogen-bond acceptors (Lipinski definition) is 4. The van der Waals surface area contributed by atoms with Crippen LogP contribution in [0.4, 0.5) is 4.39 Å². The molecule has 8 heteroatoms. The molecule has 2 aliphatic carbocycles. The van der Waals surface area contributed by atoms with Crippen molar-refractivity contribution >= 4 is 16.8 Å². The highest BCUT2D eigenvalue weighted by atomic mass is 19.1. The zero-order chi connectivity index (χ0) is 21.8. The smallest absolute Gasteiger partial charge is 0.254 e. The Morgan fingerprint density at radius 1 is 1.22 bits per heavy atom. The Bertz CT molecular complexity index is 1350. The topological polar surface area (TPSA) is 88.5 Å². The van der Waals surface area contributed by atoms with Gasteiger partial charge in [-0.25, -0.2) is 9.37 Å². The minimum absolute atomic E-state index is 0.0549. The molecule has 0 saturated heterocycles. The first-order valence-corrected chi connectivity index (χ1v) is 11.0. The Balaban J connectivity index is 1.29. The summed E-state index contributed by atoms with van der Waals surface area (Å²) in [6, 6.07) is 8.93. The number of benzene rings is 2. The van der Waals surface area contributed by atoms with E-state index in [2.05, 4.69) is 32.7 Å². The van der Waals surface area contributed by atoms with Gasteiger partial charge in [-0.2, -0.15) is 10.2 Å². The average molecular weight is 430 g/mol. The number of aryl methyl sites for hydroxylation is 1. The first-order valence-electron chi connectivity index (χ1n) is 11.0. The Morgan fingerprint density at radius 2 is 2.06 bits per heavy atom. The fraction of sp³-hybridized carbons (Fsp3) is 0.333. The van der Waals surface area contributed by atoms with Crippen molar-refractivity contribution < 1.29 is 9.18 Å². The number of halogens is 1. The molecule has 0 radical (unpaired) electrons. The second-order valence-electron chi connectivity index (χ2n) is 8.84. The zero-order valence-corrected chi connectivity index (χ0v) is 17.7. The van der Waals surface area contributed by atoms with Gasteiger partial charge in [-0.1, -0.05) is 12.1 Å². The third-order valence-corrected chi connectivity index (χ3v) is 6.33. The van der Waals surface area contributed by atoms with Gasteiger partial charge in [-0.05, 0) is 60.9 Å². The van der Waals surface area contributed by atoms with E-state index in [4.69, 9.17) is 4.98 Å². The van der Waals surface area contributed by atoms with Crippen LogP contribution >= 0.6 is 0 Å². The lowest BCUT2D eigenvalue weighted by atomic mass is 9.96. The van der Waals surface area contributed by atoms with Crippen molar-refractivity contribution in [3.05, 3.63) is 64.9 Å². The van der Waals surface area contributed by atoms with E-state index in [0.717, 1.165) is 24.2 Å². The number of fused-ring (bicyclic) bond motifs is 1. The quantitative estimate of drug-likeness (QED) is 0.486. The number of amides is 1. The highest BCUT2D eigenvalue weighted by Crippen LogP contribution is 2.45. The van der Waals surface area contributed by atoms with Crippen molar-refractivity contribution in [2.45, 2.75) is 44.1 Å². The van der Waals surface area contributed by atoms with Crippen LogP contribution in [0.2, 0.25) is 0 Å². The molecule has 7 nitrogen and oxygen atoms in total. The van der Waals surface area contributed by atoms with E-state index in [1.165, 1.54) is 41.5 Å². The minimum atomic E-state index is -0.559. The largest absolute Gasteiger partial charge is 0.349 e. The molecular weight excluding hydrogens is 407 g/mol. The number of hydrogen-bond donors (Lipinski definition) is 2. The first-order chi connectivity index (χ1) is 15.6. The van der Waals surface area contributed by atoms with E-state index < -0.39 is 5.82 Å². The molecule has 2 N–H and O–H groups in total. The summed E-state index contributed by atoms with van der Waals surface area (Å²) in [5.74, 6) is 0.903. The fourth-order valence-corrected chi connectivity index (χ4v) is 4.29. The Labute approximate surface area is 184 Å². The molecule has 2 saturated carbocycles. The number of nitrogens with one attached hydrogen (secondary N) is 2. The predicted octanol–water partition coefficient (Wildman–Crippen LogP) is 3.86. The van der Waals surface area contributed by atoms with Crippen LogP contribution in [0.25, 0.3) is 22.3 Å². The summed E-state index contributed by atoms with van der Waals surface area (Å²) >= 11 is 0. The van der Waals surface area contributed by atoms with Crippen molar-refractivity contribution in [2.75, 3.05) is 0 Å². The van der Waals surface area contributed by atoms with Gasteiger partial charge >= 0.3 is 0 Å². The molecule has 32 heavy (non-hydrogen) atoms. The van der Waals surface area contributed by atoms with E-state index in [1.54, 1.807) is 10.7 Å². The number of aromatic amines is 1. The molecule has 0 aliphatic heterocycles. The van der Waals surface area contributed by atoms with Crippen LogP contribution in [0, 0.1) is 5.82 Å². The molecule has 2 fully saturated rings. The number of H-pyrrole nitrogens is 1. The van der Waals surface area contributed by atoms with Crippen LogP contribution in [0.1, 0.15) is 58.9 Å². The van der Waals surface area contributed by atoms with E-state index in [1.807, 2.05) is 13.2 Å². The highest BCUT2D eigenvalue weighted by molar-refractivity contribution is 5.95. The van der Waals surface area contributed by atoms with Crippen LogP contribution in [-0.4, -0.2) is 36.9 Å². The molecule has 2 aromatic carbocycles. The molecule has 6 rings (SSSR count). The second-order valence-corrected chi connectivity index (χ2v) is 8.84. The SMILES string of the molecule is Cn1nc(-c2ccc(C(=O)NC3CC3)c(F)c2)nc1Cc1ccc2[nH]ncc2c1C1CC1.